The van der Waals surface area contributed by atoms with Gasteiger partial charge in [-0.3, -0.25) is 9.69 Å². The van der Waals surface area contributed by atoms with Crippen LogP contribution in [0.3, 0.4) is 0 Å². The van der Waals surface area contributed by atoms with Crippen molar-refractivity contribution in [1.29, 1.82) is 0 Å². The number of ether oxygens (including phenoxy) is 2. The van der Waals surface area contributed by atoms with Crippen LogP contribution in [0.15, 0.2) is 30.3 Å². The van der Waals surface area contributed by atoms with Gasteiger partial charge in [0.2, 0.25) is 0 Å². The lowest BCUT2D eigenvalue weighted by atomic mass is 9.78. The Morgan fingerprint density at radius 3 is 2.65 bits per heavy atom. The number of halogens is 2. The molecule has 1 fully saturated rings. The number of hydrogen-bond donors (Lipinski definition) is 0. The van der Waals surface area contributed by atoms with E-state index in [-0.39, 0.29) is 0 Å². The minimum atomic E-state index is -2.47. The number of fused-ring (bicyclic) bond motifs is 1. The Morgan fingerprint density at radius 2 is 1.88 bits per heavy atom. The maximum Gasteiger partial charge on any atom is 0.273 e. The van der Waals surface area contributed by atoms with Crippen molar-refractivity contribution in [2.75, 3.05) is 26.3 Å². The van der Waals surface area contributed by atoms with Crippen LogP contribution in [-0.2, 0) is 17.8 Å². The number of hydrogen-bond acceptors (Lipinski definition) is 6. The van der Waals surface area contributed by atoms with Gasteiger partial charge >= 0.3 is 0 Å². The van der Waals surface area contributed by atoms with E-state index in [1.54, 1.807) is 0 Å². The highest BCUT2D eigenvalue weighted by Gasteiger charge is 2.25. The maximum atomic E-state index is 12.4. The fourth-order valence-electron chi connectivity index (χ4n) is 4.93. The second-order valence-electron chi connectivity index (χ2n) is 9.41. The van der Waals surface area contributed by atoms with Crippen LogP contribution in [0.1, 0.15) is 55.5 Å². The van der Waals surface area contributed by atoms with Gasteiger partial charge in [-0.05, 0) is 56.2 Å². The number of thiazole rings is 1. The van der Waals surface area contributed by atoms with Gasteiger partial charge in [0.25, 0.3) is 11.6 Å². The Labute approximate surface area is 204 Å². The van der Waals surface area contributed by atoms with E-state index in [1.165, 1.54) is 35.5 Å². The second-order valence-corrected chi connectivity index (χ2v) is 10.5. The zero-order valence-corrected chi connectivity index (χ0v) is 20.4. The van der Waals surface area contributed by atoms with Gasteiger partial charge in [-0.25, -0.2) is 13.8 Å². The standard InChI is InChI=1S/C26H34F2N2O3S/c27-25(28)18-33-26-29-23-17-30(14-11-24(23)34-26)13-10-19-6-8-20(9-7-19)16-21(31)12-15-32-22-4-2-1-3-5-22/h1-5,19-20,25H,6-18H2. The van der Waals surface area contributed by atoms with E-state index in [1.807, 2.05) is 30.3 Å². The van der Waals surface area contributed by atoms with Crippen molar-refractivity contribution in [2.24, 2.45) is 11.8 Å². The zero-order chi connectivity index (χ0) is 23.8. The highest BCUT2D eigenvalue weighted by Crippen LogP contribution is 2.34. The summed E-state index contributed by atoms with van der Waals surface area (Å²) < 4.78 is 35.5. The Balaban J connectivity index is 1.10. The monoisotopic (exact) mass is 492 g/mol. The normalized spacial score (nSPS) is 20.8. The van der Waals surface area contributed by atoms with Crippen LogP contribution in [0.4, 0.5) is 8.78 Å². The van der Waals surface area contributed by atoms with Gasteiger partial charge in [0.15, 0.2) is 6.61 Å². The number of carbonyl (C=O) groups is 1. The number of para-hydroxylation sites is 1. The van der Waals surface area contributed by atoms with Crippen molar-refractivity contribution >= 4 is 17.1 Å². The SMILES string of the molecule is O=C(CCOc1ccccc1)CC1CCC(CCN2CCc3sc(OCC(F)F)nc3C2)CC1. The van der Waals surface area contributed by atoms with E-state index in [0.29, 0.717) is 36.3 Å². The minimum Gasteiger partial charge on any atom is -0.493 e. The molecular formula is C26H34F2N2O3S. The summed E-state index contributed by atoms with van der Waals surface area (Å²) in [5.41, 5.74) is 0.985. The molecule has 0 amide bonds. The van der Waals surface area contributed by atoms with E-state index in [0.717, 1.165) is 56.3 Å². The fourth-order valence-corrected chi connectivity index (χ4v) is 5.84. The molecule has 2 aliphatic rings. The molecule has 5 nitrogen and oxygen atoms in total. The van der Waals surface area contributed by atoms with Crippen LogP contribution >= 0.6 is 11.3 Å². The predicted molar refractivity (Wildman–Crippen MR) is 129 cm³/mol. The smallest absolute Gasteiger partial charge is 0.273 e. The average molecular weight is 493 g/mol. The van der Waals surface area contributed by atoms with Crippen molar-refractivity contribution in [2.45, 2.75) is 64.3 Å². The minimum absolute atomic E-state index is 0.309. The Kier molecular flexibility index (Phi) is 9.27. The number of benzene rings is 1. The van der Waals surface area contributed by atoms with Crippen LogP contribution in [0.25, 0.3) is 0 Å². The molecule has 0 spiro atoms. The summed E-state index contributed by atoms with van der Waals surface area (Å²) in [4.78, 5) is 20.4. The number of carbonyl (C=O) groups excluding carboxylic acids is 1. The van der Waals surface area contributed by atoms with Gasteiger partial charge < -0.3 is 9.47 Å². The Bertz CT molecular complexity index is 901. The molecule has 0 saturated heterocycles. The second kappa shape index (κ2) is 12.6. The number of nitrogens with zero attached hydrogens (tertiary/aromatic N) is 2. The molecule has 1 saturated carbocycles. The van der Waals surface area contributed by atoms with Crippen molar-refractivity contribution < 1.29 is 23.0 Å². The summed E-state index contributed by atoms with van der Waals surface area (Å²) in [6.45, 7) is 2.66. The molecule has 0 radical (unpaired) electrons. The third-order valence-electron chi connectivity index (χ3n) is 6.85. The van der Waals surface area contributed by atoms with E-state index in [4.69, 9.17) is 9.47 Å². The molecule has 0 unspecified atom stereocenters. The predicted octanol–water partition coefficient (Wildman–Crippen LogP) is 5.77. The number of rotatable bonds is 12. The van der Waals surface area contributed by atoms with Crippen LogP contribution in [0, 0.1) is 11.8 Å². The zero-order valence-electron chi connectivity index (χ0n) is 19.6. The molecule has 8 heteroatoms. The van der Waals surface area contributed by atoms with Gasteiger partial charge in [0.05, 0.1) is 12.3 Å². The van der Waals surface area contributed by atoms with E-state index < -0.39 is 13.0 Å². The molecule has 2 heterocycles. The van der Waals surface area contributed by atoms with Gasteiger partial charge in [-0.2, -0.15) is 0 Å². The van der Waals surface area contributed by atoms with Crippen molar-refractivity contribution in [1.82, 2.24) is 9.88 Å². The summed E-state index contributed by atoms with van der Waals surface area (Å²) in [5.74, 6) is 2.36. The van der Waals surface area contributed by atoms with Crippen LogP contribution < -0.4 is 9.47 Å². The highest BCUT2D eigenvalue weighted by molar-refractivity contribution is 7.13. The molecule has 4 rings (SSSR count). The molecule has 1 aromatic carbocycles. The molecule has 2 aromatic rings. The van der Waals surface area contributed by atoms with Crippen molar-refractivity contribution in [3.05, 3.63) is 40.9 Å². The van der Waals surface area contributed by atoms with Gasteiger partial charge in [0.1, 0.15) is 11.5 Å². The summed E-state index contributed by atoms with van der Waals surface area (Å²) in [6.07, 6.45) is 5.43. The summed E-state index contributed by atoms with van der Waals surface area (Å²) >= 11 is 1.41. The topological polar surface area (TPSA) is 51.7 Å². The van der Waals surface area contributed by atoms with E-state index in [2.05, 4.69) is 9.88 Å². The van der Waals surface area contributed by atoms with Crippen LogP contribution in [-0.4, -0.2) is 48.4 Å². The number of alkyl halides is 2. The van der Waals surface area contributed by atoms with Crippen LogP contribution in [0.2, 0.25) is 0 Å². The molecule has 1 aliphatic heterocycles. The lowest BCUT2D eigenvalue weighted by molar-refractivity contribution is -0.120. The first-order valence-corrected chi connectivity index (χ1v) is 13.2. The summed E-state index contributed by atoms with van der Waals surface area (Å²) in [7, 11) is 0. The number of ketones is 1. The number of Topliss-reactive ketones (excluding diaryl/α,β-unsaturated/α-hetero) is 1. The van der Waals surface area contributed by atoms with Crippen LogP contribution in [0.5, 0.6) is 10.9 Å². The first kappa shape index (κ1) is 25.0. The third kappa shape index (κ3) is 7.73. The quantitative estimate of drug-likeness (QED) is 0.377. The molecule has 186 valence electrons. The van der Waals surface area contributed by atoms with Gasteiger partial charge in [0, 0.05) is 30.8 Å². The van der Waals surface area contributed by atoms with E-state index >= 15 is 0 Å². The highest BCUT2D eigenvalue weighted by atomic mass is 32.1. The fraction of sp³-hybridized carbons (Fsp3) is 0.615. The molecule has 1 aromatic heterocycles. The molecule has 0 bridgehead atoms. The van der Waals surface area contributed by atoms with Crippen molar-refractivity contribution in [3.8, 4) is 10.9 Å². The van der Waals surface area contributed by atoms with Gasteiger partial charge in [-0.15, -0.1) is 0 Å². The number of aromatic nitrogens is 1. The average Bonchev–Trinajstić information content (AvgIpc) is 3.25. The molecule has 0 N–H and O–H groups in total. The van der Waals surface area contributed by atoms with E-state index in [9.17, 15) is 13.6 Å². The molecule has 34 heavy (non-hydrogen) atoms. The lowest BCUT2D eigenvalue weighted by Crippen LogP contribution is -2.32. The Hall–Kier alpha value is -2.06. The lowest BCUT2D eigenvalue weighted by Gasteiger charge is -2.31. The largest absolute Gasteiger partial charge is 0.493 e. The summed E-state index contributed by atoms with van der Waals surface area (Å²) in [6, 6.07) is 9.64. The molecule has 0 atom stereocenters. The first-order valence-electron chi connectivity index (χ1n) is 12.4. The Morgan fingerprint density at radius 1 is 1.12 bits per heavy atom. The van der Waals surface area contributed by atoms with Gasteiger partial charge in [-0.1, -0.05) is 42.4 Å². The molecular weight excluding hydrogens is 458 g/mol. The van der Waals surface area contributed by atoms with Crippen molar-refractivity contribution in [3.63, 3.8) is 0 Å². The maximum absolute atomic E-state index is 12.4. The molecule has 1 aliphatic carbocycles. The summed E-state index contributed by atoms with van der Waals surface area (Å²) in [5, 5.41) is 0.367. The third-order valence-corrected chi connectivity index (χ3v) is 7.92. The first-order chi connectivity index (χ1) is 16.5.